The Labute approximate surface area is 274 Å². The van der Waals surface area contributed by atoms with E-state index in [1.165, 1.54) is 6.26 Å². The summed E-state index contributed by atoms with van der Waals surface area (Å²) in [6.45, 7) is 9.45. The van der Waals surface area contributed by atoms with Gasteiger partial charge in [0.15, 0.2) is 5.76 Å². The molecule has 10 N–H and O–H groups in total. The molecule has 0 aromatic carbocycles. The van der Waals surface area contributed by atoms with Crippen molar-refractivity contribution in [2.75, 3.05) is 165 Å². The van der Waals surface area contributed by atoms with Crippen LogP contribution in [0, 0.1) is 0 Å². The van der Waals surface area contributed by atoms with Crippen molar-refractivity contribution in [1.82, 2.24) is 0 Å². The molecule has 276 valence electrons. The van der Waals surface area contributed by atoms with Gasteiger partial charge in [-0.2, -0.15) is 0 Å². The second-order valence-electron chi connectivity index (χ2n) is 9.42. The molecule has 0 fully saturated rings. The van der Waals surface area contributed by atoms with Crippen LogP contribution >= 0.6 is 0 Å². The molecule has 46 heavy (non-hydrogen) atoms. The van der Waals surface area contributed by atoms with Crippen molar-refractivity contribution in [1.29, 1.82) is 0 Å². The van der Waals surface area contributed by atoms with Gasteiger partial charge in [0.05, 0.1) is 112 Å². The second-order valence-corrected chi connectivity index (χ2v) is 9.42. The van der Waals surface area contributed by atoms with E-state index in [0.29, 0.717) is 144 Å². The first-order chi connectivity index (χ1) is 22.7. The van der Waals surface area contributed by atoms with Crippen LogP contribution in [-0.4, -0.2) is 177 Å². The number of hydrogen-bond acceptors (Lipinski definition) is 17. The monoisotopic (exact) mass is 673 g/mol. The molecule has 0 aromatic heterocycles. The summed E-state index contributed by atoms with van der Waals surface area (Å²) in [7, 11) is 0. The van der Waals surface area contributed by atoms with Crippen LogP contribution in [0.25, 0.3) is 0 Å². The van der Waals surface area contributed by atoms with Crippen LogP contribution in [0.1, 0.15) is 0 Å². The summed E-state index contributed by atoms with van der Waals surface area (Å²) in [6, 6.07) is 0. The first-order valence-corrected chi connectivity index (χ1v) is 16.0. The minimum atomic E-state index is -0.440. The summed E-state index contributed by atoms with van der Waals surface area (Å²) < 4.78 is 67.9. The fourth-order valence-electron chi connectivity index (χ4n) is 3.29. The molecule has 0 spiro atoms. The quantitative estimate of drug-likeness (QED) is 0.0336. The second kappa shape index (κ2) is 38.2. The van der Waals surface area contributed by atoms with E-state index in [9.17, 15) is 0 Å². The van der Waals surface area contributed by atoms with Crippen molar-refractivity contribution in [3.8, 4) is 0 Å². The van der Waals surface area contributed by atoms with Crippen LogP contribution in [0.5, 0.6) is 0 Å². The molecule has 0 aliphatic carbocycles. The molecule has 2 atom stereocenters. The fourth-order valence-corrected chi connectivity index (χ4v) is 3.29. The standard InChI is InChI=1S/C29H63N5O12/c30-1-6-35-11-14-40-21-27(44-19-17-38-9-4-33)24-43-25-29(45-20-18-39-10-5-34)26-46-28(22-41-15-12-36-7-2-31)23-42-16-13-37-8-3-32/h22,27,29H,1-21,23-26,30-34H2/b28-22+. The van der Waals surface area contributed by atoms with Crippen LogP contribution in [-0.2, 0) is 56.8 Å². The van der Waals surface area contributed by atoms with Crippen molar-refractivity contribution in [2.45, 2.75) is 12.2 Å². The van der Waals surface area contributed by atoms with Gasteiger partial charge in [-0.05, 0) is 0 Å². The maximum absolute atomic E-state index is 6.03. The molecule has 0 aliphatic heterocycles. The van der Waals surface area contributed by atoms with Gasteiger partial charge in [-0.3, -0.25) is 0 Å². The summed E-state index contributed by atoms with van der Waals surface area (Å²) in [5.74, 6) is 0.467. The molecule has 0 aromatic rings. The van der Waals surface area contributed by atoms with Crippen molar-refractivity contribution in [2.24, 2.45) is 28.7 Å². The van der Waals surface area contributed by atoms with Gasteiger partial charge in [-0.1, -0.05) is 0 Å². The third kappa shape index (κ3) is 32.7. The van der Waals surface area contributed by atoms with E-state index in [0.717, 1.165) is 0 Å². The summed E-state index contributed by atoms with van der Waals surface area (Å²) in [5, 5.41) is 0. The Kier molecular flexibility index (Phi) is 37.1. The van der Waals surface area contributed by atoms with Crippen molar-refractivity contribution >= 4 is 0 Å². The highest BCUT2D eigenvalue weighted by Gasteiger charge is 2.16. The Morgan fingerprint density at radius 3 is 1.28 bits per heavy atom. The van der Waals surface area contributed by atoms with E-state index >= 15 is 0 Å². The Balaban J connectivity index is 5.05. The van der Waals surface area contributed by atoms with E-state index in [-0.39, 0.29) is 32.5 Å². The van der Waals surface area contributed by atoms with Gasteiger partial charge in [-0.25, -0.2) is 0 Å². The number of nitrogens with two attached hydrogens (primary N) is 5. The zero-order valence-corrected chi connectivity index (χ0v) is 27.7. The highest BCUT2D eigenvalue weighted by atomic mass is 16.6. The molecular formula is C29H63N5O12. The van der Waals surface area contributed by atoms with Crippen LogP contribution in [0.15, 0.2) is 12.0 Å². The minimum Gasteiger partial charge on any atom is -0.495 e. The molecule has 2 unspecified atom stereocenters. The largest absolute Gasteiger partial charge is 0.495 e. The molecule has 0 bridgehead atoms. The van der Waals surface area contributed by atoms with Gasteiger partial charge in [-0.15, -0.1) is 0 Å². The van der Waals surface area contributed by atoms with Gasteiger partial charge in [0.2, 0.25) is 0 Å². The maximum Gasteiger partial charge on any atom is 0.156 e. The Hall–Kier alpha value is -1.26. The lowest BCUT2D eigenvalue weighted by molar-refractivity contribution is -0.104. The van der Waals surface area contributed by atoms with Crippen molar-refractivity contribution in [3.63, 3.8) is 0 Å². The zero-order chi connectivity index (χ0) is 33.6. The van der Waals surface area contributed by atoms with E-state index in [4.69, 9.17) is 85.5 Å². The van der Waals surface area contributed by atoms with Gasteiger partial charge < -0.3 is 85.5 Å². The number of rotatable bonds is 39. The van der Waals surface area contributed by atoms with Crippen molar-refractivity contribution in [3.05, 3.63) is 12.0 Å². The molecule has 0 aliphatic rings. The lowest BCUT2D eigenvalue weighted by Gasteiger charge is -2.22. The van der Waals surface area contributed by atoms with Crippen LogP contribution in [0.4, 0.5) is 0 Å². The molecule has 0 radical (unpaired) electrons. The summed E-state index contributed by atoms with van der Waals surface area (Å²) >= 11 is 0. The molecular weight excluding hydrogens is 610 g/mol. The van der Waals surface area contributed by atoms with Gasteiger partial charge in [0.25, 0.3) is 0 Å². The smallest absolute Gasteiger partial charge is 0.156 e. The minimum absolute atomic E-state index is 0.163. The predicted octanol–water partition coefficient (Wildman–Crippen LogP) is -2.44. The molecule has 0 saturated heterocycles. The Bertz CT molecular complexity index is 631. The molecule has 17 heteroatoms. The fraction of sp³-hybridized carbons (Fsp3) is 0.931. The SMILES string of the molecule is NCCOCCO/C=C(\COCCOCCN)OCC(COCC(COCCOCCN)OCCOCCN)OCCOCCN. The highest BCUT2D eigenvalue weighted by Crippen LogP contribution is 2.06. The van der Waals surface area contributed by atoms with Crippen molar-refractivity contribution < 1.29 is 56.8 Å². The average Bonchev–Trinajstić information content (AvgIpc) is 3.06. The van der Waals surface area contributed by atoms with E-state index in [2.05, 4.69) is 0 Å². The third-order valence-electron chi connectivity index (χ3n) is 5.39. The lowest BCUT2D eigenvalue weighted by atomic mass is 10.3. The van der Waals surface area contributed by atoms with E-state index in [1.807, 2.05) is 0 Å². The summed E-state index contributed by atoms with van der Waals surface area (Å²) in [5.41, 5.74) is 27.3. The highest BCUT2D eigenvalue weighted by molar-refractivity contribution is 4.88. The van der Waals surface area contributed by atoms with Crippen LogP contribution in [0.2, 0.25) is 0 Å². The van der Waals surface area contributed by atoms with Gasteiger partial charge in [0.1, 0.15) is 38.3 Å². The zero-order valence-electron chi connectivity index (χ0n) is 27.7. The van der Waals surface area contributed by atoms with E-state index in [1.54, 1.807) is 0 Å². The summed E-state index contributed by atoms with van der Waals surface area (Å²) in [4.78, 5) is 0. The summed E-state index contributed by atoms with van der Waals surface area (Å²) in [6.07, 6.45) is 0.718. The predicted molar refractivity (Wildman–Crippen MR) is 171 cm³/mol. The van der Waals surface area contributed by atoms with Crippen LogP contribution < -0.4 is 28.7 Å². The number of ether oxygens (including phenoxy) is 12. The Morgan fingerprint density at radius 2 is 0.783 bits per heavy atom. The van der Waals surface area contributed by atoms with Gasteiger partial charge in [0, 0.05) is 32.7 Å². The number of hydrogen-bond donors (Lipinski definition) is 5. The average molecular weight is 674 g/mol. The normalized spacial score (nSPS) is 13.3. The van der Waals surface area contributed by atoms with Gasteiger partial charge >= 0.3 is 0 Å². The molecule has 17 nitrogen and oxygen atoms in total. The van der Waals surface area contributed by atoms with E-state index < -0.39 is 6.10 Å². The topological polar surface area (TPSA) is 241 Å². The maximum atomic E-state index is 6.03. The molecule has 0 rings (SSSR count). The molecule has 0 saturated carbocycles. The lowest BCUT2D eigenvalue weighted by Crippen LogP contribution is -2.32. The molecule has 0 amide bonds. The first kappa shape index (κ1) is 44.7. The Morgan fingerprint density at radius 1 is 0.391 bits per heavy atom. The first-order valence-electron chi connectivity index (χ1n) is 16.0. The third-order valence-corrected chi connectivity index (χ3v) is 5.39. The molecule has 0 heterocycles. The van der Waals surface area contributed by atoms with Crippen LogP contribution in [0.3, 0.4) is 0 Å².